The number of nitrogens with zero attached hydrogens (tertiary/aromatic N) is 3. The molecule has 0 aromatic heterocycles. The zero-order valence-corrected chi connectivity index (χ0v) is 17.0. The van der Waals surface area contributed by atoms with Crippen molar-refractivity contribution in [1.82, 2.24) is 9.80 Å². The summed E-state index contributed by atoms with van der Waals surface area (Å²) in [4.78, 5) is 9.79. The Morgan fingerprint density at radius 1 is 0.962 bits per heavy atom. The molecule has 0 bridgehead atoms. The number of allylic oxidation sites excluding steroid dienone is 2. The molecule has 4 nitrogen and oxygen atoms in total. The molecule has 1 saturated heterocycles. The molecule has 2 fully saturated rings. The van der Waals surface area contributed by atoms with Gasteiger partial charge in [-0.1, -0.05) is 32.1 Å². The van der Waals surface area contributed by atoms with E-state index in [1.165, 1.54) is 51.7 Å². The predicted molar refractivity (Wildman–Crippen MR) is 112 cm³/mol. The van der Waals surface area contributed by atoms with Crippen LogP contribution in [0.4, 0.5) is 0 Å². The van der Waals surface area contributed by atoms with Gasteiger partial charge in [0.05, 0.1) is 5.54 Å². The number of hydrogen-bond acceptors (Lipinski definition) is 4. The molecule has 0 spiro atoms. The van der Waals surface area contributed by atoms with Gasteiger partial charge in [-0.3, -0.25) is 9.89 Å². The Morgan fingerprint density at radius 2 is 1.65 bits per heavy atom. The fourth-order valence-electron chi connectivity index (χ4n) is 4.39. The molecule has 0 aromatic rings. The highest BCUT2D eigenvalue weighted by molar-refractivity contribution is 5.73. The number of rotatable bonds is 4. The van der Waals surface area contributed by atoms with Crippen molar-refractivity contribution < 1.29 is 0 Å². The lowest BCUT2D eigenvalue weighted by Crippen LogP contribution is -2.56. The van der Waals surface area contributed by atoms with Crippen LogP contribution in [0.5, 0.6) is 0 Å². The van der Waals surface area contributed by atoms with Gasteiger partial charge in [0, 0.05) is 50.1 Å². The average Bonchev–Trinajstić information content (AvgIpc) is 2.63. The molecule has 1 aliphatic carbocycles. The van der Waals surface area contributed by atoms with E-state index in [-0.39, 0.29) is 11.0 Å². The maximum Gasteiger partial charge on any atom is 0.0721 e. The molecule has 1 unspecified atom stereocenters. The summed E-state index contributed by atoms with van der Waals surface area (Å²) in [6.45, 7) is 12.6. The molecular formula is C22H38N4. The first-order chi connectivity index (χ1) is 12.4. The standard InChI is InChI=1S/C22H38N4/c1-21(2)9-10-22(3,18-24-12-11-21)26-16-14-25(15-17-26)13-8-19-4-6-20(23)7-5-19/h9-12,18-20H,4-8,13-17,23H2,1-3H3/b10-9-,12-11-,24-18?. The van der Waals surface area contributed by atoms with Crippen molar-refractivity contribution in [3.63, 3.8) is 0 Å². The molecule has 4 heteroatoms. The van der Waals surface area contributed by atoms with Crippen LogP contribution in [0.2, 0.25) is 0 Å². The van der Waals surface area contributed by atoms with Gasteiger partial charge in [0.1, 0.15) is 0 Å². The van der Waals surface area contributed by atoms with Crippen LogP contribution >= 0.6 is 0 Å². The summed E-state index contributed by atoms with van der Waals surface area (Å²) in [5.74, 6) is 0.903. The molecule has 3 rings (SSSR count). The molecular weight excluding hydrogens is 320 g/mol. The molecule has 0 amide bonds. The number of piperazine rings is 1. The molecule has 0 aromatic carbocycles. The van der Waals surface area contributed by atoms with Crippen LogP contribution in [0.1, 0.15) is 52.9 Å². The van der Waals surface area contributed by atoms with Crippen LogP contribution in [0, 0.1) is 11.3 Å². The van der Waals surface area contributed by atoms with E-state index in [0.717, 1.165) is 19.0 Å². The zero-order chi connectivity index (χ0) is 18.6. The number of nitrogens with two attached hydrogens (primary N) is 1. The summed E-state index contributed by atoms with van der Waals surface area (Å²) in [5.41, 5.74) is 6.03. The Morgan fingerprint density at radius 3 is 2.35 bits per heavy atom. The molecule has 0 radical (unpaired) electrons. The van der Waals surface area contributed by atoms with Crippen molar-refractivity contribution in [2.24, 2.45) is 22.1 Å². The lowest BCUT2D eigenvalue weighted by molar-refractivity contribution is 0.0925. The second kappa shape index (κ2) is 8.37. The first-order valence-electron chi connectivity index (χ1n) is 10.5. The van der Waals surface area contributed by atoms with Gasteiger partial charge in [0.2, 0.25) is 0 Å². The Kier molecular flexibility index (Phi) is 6.37. The van der Waals surface area contributed by atoms with Gasteiger partial charge in [-0.25, -0.2) is 0 Å². The third-order valence-electron chi connectivity index (χ3n) is 6.58. The summed E-state index contributed by atoms with van der Waals surface area (Å²) in [5, 5.41) is 0. The van der Waals surface area contributed by atoms with E-state index in [1.807, 2.05) is 6.20 Å². The Hall–Kier alpha value is -0.970. The van der Waals surface area contributed by atoms with Crippen LogP contribution in [0.15, 0.2) is 29.4 Å². The van der Waals surface area contributed by atoms with E-state index in [9.17, 15) is 0 Å². The minimum atomic E-state index is -0.0758. The van der Waals surface area contributed by atoms with E-state index in [2.05, 4.69) is 60.0 Å². The van der Waals surface area contributed by atoms with Gasteiger partial charge in [0.25, 0.3) is 0 Å². The first kappa shape index (κ1) is 19.8. The van der Waals surface area contributed by atoms with Crippen LogP contribution in [0.3, 0.4) is 0 Å². The normalized spacial score (nSPS) is 38.5. The predicted octanol–water partition coefficient (Wildman–Crippen LogP) is 3.45. The molecule has 1 saturated carbocycles. The minimum absolute atomic E-state index is 0.0728. The van der Waals surface area contributed by atoms with Gasteiger partial charge in [0.15, 0.2) is 0 Å². The summed E-state index contributed by atoms with van der Waals surface area (Å²) in [6.07, 6.45) is 17.4. The van der Waals surface area contributed by atoms with Gasteiger partial charge in [-0.2, -0.15) is 0 Å². The fraction of sp³-hybridized carbons (Fsp3) is 0.773. The molecule has 146 valence electrons. The SMILES string of the molecule is CC1(C)/C=C\N=CC(C)(N2CCN(CCC3CCC(N)CC3)CC2)/C=C\1. The van der Waals surface area contributed by atoms with Crippen LogP contribution in [0.25, 0.3) is 0 Å². The quantitative estimate of drug-likeness (QED) is 0.783. The van der Waals surface area contributed by atoms with E-state index in [0.29, 0.717) is 6.04 Å². The Labute approximate surface area is 160 Å². The van der Waals surface area contributed by atoms with Gasteiger partial charge in [-0.05, 0) is 51.5 Å². The zero-order valence-electron chi connectivity index (χ0n) is 17.0. The van der Waals surface area contributed by atoms with E-state index in [1.54, 1.807) is 0 Å². The highest BCUT2D eigenvalue weighted by Gasteiger charge is 2.32. The molecule has 2 N–H and O–H groups in total. The van der Waals surface area contributed by atoms with Gasteiger partial charge < -0.3 is 10.6 Å². The van der Waals surface area contributed by atoms with Crippen molar-refractivity contribution in [2.45, 2.75) is 64.5 Å². The van der Waals surface area contributed by atoms with Crippen molar-refractivity contribution in [3.05, 3.63) is 24.4 Å². The monoisotopic (exact) mass is 358 g/mol. The largest absolute Gasteiger partial charge is 0.328 e. The number of hydrogen-bond donors (Lipinski definition) is 1. The third-order valence-corrected chi connectivity index (χ3v) is 6.58. The second-order valence-corrected chi connectivity index (χ2v) is 9.37. The third kappa shape index (κ3) is 5.28. The molecule has 1 atom stereocenters. The lowest BCUT2D eigenvalue weighted by atomic mass is 9.84. The van der Waals surface area contributed by atoms with Crippen molar-refractivity contribution >= 4 is 6.21 Å². The minimum Gasteiger partial charge on any atom is -0.328 e. The molecule has 3 aliphatic rings. The first-order valence-corrected chi connectivity index (χ1v) is 10.5. The summed E-state index contributed by atoms with van der Waals surface area (Å²) < 4.78 is 0. The topological polar surface area (TPSA) is 44.9 Å². The second-order valence-electron chi connectivity index (χ2n) is 9.37. The smallest absolute Gasteiger partial charge is 0.0721 e. The highest BCUT2D eigenvalue weighted by atomic mass is 15.3. The lowest BCUT2D eigenvalue weighted by Gasteiger charge is -2.43. The van der Waals surface area contributed by atoms with E-state index < -0.39 is 0 Å². The maximum atomic E-state index is 6.04. The Balaban J connectivity index is 1.48. The van der Waals surface area contributed by atoms with Crippen LogP contribution in [-0.2, 0) is 0 Å². The van der Waals surface area contributed by atoms with Gasteiger partial charge in [-0.15, -0.1) is 0 Å². The van der Waals surface area contributed by atoms with Crippen molar-refractivity contribution in [2.75, 3.05) is 32.7 Å². The average molecular weight is 359 g/mol. The molecule has 26 heavy (non-hydrogen) atoms. The number of aliphatic imine (C=N–C) groups is 1. The fourth-order valence-corrected chi connectivity index (χ4v) is 4.39. The van der Waals surface area contributed by atoms with Gasteiger partial charge >= 0.3 is 0 Å². The molecule has 2 aliphatic heterocycles. The van der Waals surface area contributed by atoms with Crippen LogP contribution < -0.4 is 5.73 Å². The maximum absolute atomic E-state index is 6.04. The molecule has 2 heterocycles. The van der Waals surface area contributed by atoms with Crippen molar-refractivity contribution in [1.29, 1.82) is 0 Å². The Bertz CT molecular complexity index is 534. The van der Waals surface area contributed by atoms with E-state index in [4.69, 9.17) is 5.73 Å². The summed E-state index contributed by atoms with van der Waals surface area (Å²) >= 11 is 0. The van der Waals surface area contributed by atoms with Crippen LogP contribution in [-0.4, -0.2) is 60.3 Å². The summed E-state index contributed by atoms with van der Waals surface area (Å²) in [6, 6.07) is 0.467. The van der Waals surface area contributed by atoms with Crippen molar-refractivity contribution in [3.8, 4) is 0 Å². The van der Waals surface area contributed by atoms with E-state index >= 15 is 0 Å². The summed E-state index contributed by atoms with van der Waals surface area (Å²) in [7, 11) is 0. The highest BCUT2D eigenvalue weighted by Crippen LogP contribution is 2.28.